The molecular formula is C11H24N4O3S. The zero-order valence-electron chi connectivity index (χ0n) is 11.4. The predicted octanol–water partition coefficient (Wildman–Crippen LogP) is -0.982. The van der Waals surface area contributed by atoms with Crippen LogP contribution in [0.25, 0.3) is 0 Å². The average molecular weight is 292 g/mol. The van der Waals surface area contributed by atoms with E-state index in [2.05, 4.69) is 10.0 Å². The van der Waals surface area contributed by atoms with Gasteiger partial charge in [-0.25, -0.2) is 4.72 Å². The van der Waals surface area contributed by atoms with E-state index in [1.165, 1.54) is 4.31 Å². The lowest BCUT2D eigenvalue weighted by Gasteiger charge is -2.31. The van der Waals surface area contributed by atoms with E-state index >= 15 is 0 Å². The highest BCUT2D eigenvalue weighted by Gasteiger charge is 2.31. The maximum atomic E-state index is 12.0. The molecule has 1 atom stereocenters. The second-order valence-electron chi connectivity index (χ2n) is 4.68. The van der Waals surface area contributed by atoms with Crippen LogP contribution in [-0.2, 0) is 15.0 Å². The van der Waals surface area contributed by atoms with Crippen LogP contribution in [0.4, 0.5) is 0 Å². The lowest BCUT2D eigenvalue weighted by molar-refractivity contribution is -0.126. The first kappa shape index (κ1) is 16.4. The summed E-state index contributed by atoms with van der Waals surface area (Å²) >= 11 is 0. The molecule has 7 nitrogen and oxygen atoms in total. The van der Waals surface area contributed by atoms with Gasteiger partial charge in [-0.05, 0) is 19.3 Å². The van der Waals surface area contributed by atoms with Crippen LogP contribution in [0.2, 0.25) is 0 Å². The molecule has 0 aliphatic carbocycles. The molecule has 1 heterocycles. The second kappa shape index (κ2) is 7.78. The summed E-state index contributed by atoms with van der Waals surface area (Å²) in [6.45, 7) is 3.86. The van der Waals surface area contributed by atoms with Crippen LogP contribution >= 0.6 is 0 Å². The molecule has 1 unspecified atom stereocenters. The Morgan fingerprint density at radius 1 is 1.42 bits per heavy atom. The van der Waals surface area contributed by atoms with Gasteiger partial charge in [0.15, 0.2) is 0 Å². The quantitative estimate of drug-likeness (QED) is 0.561. The molecule has 1 aliphatic heterocycles. The topological polar surface area (TPSA) is 105 Å². The standard InChI is InChI=1S/C11H24N4O3S/c1-2-6-14-19(17,18)15-8-3-4-10(9-15)11(16)13-7-5-12/h10,14H,2-9,12H2,1H3,(H,13,16). The normalized spacial score (nSPS) is 21.3. The fourth-order valence-electron chi connectivity index (χ4n) is 2.04. The first-order chi connectivity index (χ1) is 9.01. The van der Waals surface area contributed by atoms with Crippen molar-refractivity contribution in [3.63, 3.8) is 0 Å². The number of rotatable bonds is 7. The first-order valence-electron chi connectivity index (χ1n) is 6.73. The summed E-state index contributed by atoms with van der Waals surface area (Å²) in [5.41, 5.74) is 5.33. The minimum absolute atomic E-state index is 0.110. The van der Waals surface area contributed by atoms with Gasteiger partial charge in [0.05, 0.1) is 5.92 Å². The molecule has 112 valence electrons. The average Bonchev–Trinajstić information content (AvgIpc) is 2.42. The number of piperidine rings is 1. The van der Waals surface area contributed by atoms with Crippen molar-refractivity contribution < 1.29 is 13.2 Å². The van der Waals surface area contributed by atoms with Crippen molar-refractivity contribution in [2.24, 2.45) is 11.7 Å². The lowest BCUT2D eigenvalue weighted by atomic mass is 9.99. The van der Waals surface area contributed by atoms with Crippen molar-refractivity contribution in [1.29, 1.82) is 0 Å². The molecule has 0 saturated carbocycles. The van der Waals surface area contributed by atoms with Gasteiger partial charge >= 0.3 is 0 Å². The van der Waals surface area contributed by atoms with Gasteiger partial charge in [0.25, 0.3) is 10.2 Å². The third kappa shape index (κ3) is 5.06. The zero-order valence-corrected chi connectivity index (χ0v) is 12.2. The molecule has 0 aromatic heterocycles. The molecular weight excluding hydrogens is 268 g/mol. The first-order valence-corrected chi connectivity index (χ1v) is 8.17. The van der Waals surface area contributed by atoms with Gasteiger partial charge < -0.3 is 11.1 Å². The maximum absolute atomic E-state index is 12.0. The molecule has 4 N–H and O–H groups in total. The number of carbonyl (C=O) groups excluding carboxylic acids is 1. The van der Waals surface area contributed by atoms with E-state index < -0.39 is 10.2 Å². The maximum Gasteiger partial charge on any atom is 0.279 e. The summed E-state index contributed by atoms with van der Waals surface area (Å²) in [7, 11) is -3.45. The minimum Gasteiger partial charge on any atom is -0.355 e. The van der Waals surface area contributed by atoms with E-state index in [1.807, 2.05) is 6.92 Å². The molecule has 1 saturated heterocycles. The fraction of sp³-hybridized carbons (Fsp3) is 0.909. The third-order valence-electron chi connectivity index (χ3n) is 3.07. The number of amides is 1. The van der Waals surface area contributed by atoms with Crippen LogP contribution < -0.4 is 15.8 Å². The fourth-order valence-corrected chi connectivity index (χ4v) is 3.43. The molecule has 19 heavy (non-hydrogen) atoms. The molecule has 1 aliphatic rings. The van der Waals surface area contributed by atoms with Crippen LogP contribution in [0.15, 0.2) is 0 Å². The SMILES string of the molecule is CCCNS(=O)(=O)N1CCCC(C(=O)NCCN)C1. The number of carbonyl (C=O) groups is 1. The van der Waals surface area contributed by atoms with Gasteiger partial charge in [0.1, 0.15) is 0 Å². The van der Waals surface area contributed by atoms with E-state index in [1.54, 1.807) is 0 Å². The van der Waals surface area contributed by atoms with E-state index in [4.69, 9.17) is 5.73 Å². The van der Waals surface area contributed by atoms with Gasteiger partial charge in [-0.1, -0.05) is 6.92 Å². The van der Waals surface area contributed by atoms with Crippen LogP contribution in [0.5, 0.6) is 0 Å². The summed E-state index contributed by atoms with van der Waals surface area (Å²) in [6.07, 6.45) is 2.16. The van der Waals surface area contributed by atoms with Crippen molar-refractivity contribution in [2.45, 2.75) is 26.2 Å². The van der Waals surface area contributed by atoms with Crippen LogP contribution in [0.3, 0.4) is 0 Å². The van der Waals surface area contributed by atoms with E-state index in [0.29, 0.717) is 32.6 Å². The highest BCUT2D eigenvalue weighted by atomic mass is 32.2. The number of nitrogens with two attached hydrogens (primary N) is 1. The Labute approximate surface area is 115 Å². The van der Waals surface area contributed by atoms with Crippen LogP contribution in [-0.4, -0.2) is 51.4 Å². The third-order valence-corrected chi connectivity index (χ3v) is 4.65. The Balaban J connectivity index is 2.56. The largest absolute Gasteiger partial charge is 0.355 e. The highest BCUT2D eigenvalue weighted by molar-refractivity contribution is 7.87. The summed E-state index contributed by atoms with van der Waals surface area (Å²) in [5.74, 6) is -0.389. The highest BCUT2D eigenvalue weighted by Crippen LogP contribution is 2.18. The van der Waals surface area contributed by atoms with Gasteiger partial charge in [-0.15, -0.1) is 0 Å². The Hall–Kier alpha value is -0.700. The van der Waals surface area contributed by atoms with E-state index in [-0.39, 0.29) is 18.4 Å². The lowest BCUT2D eigenvalue weighted by Crippen LogP contribution is -2.49. The van der Waals surface area contributed by atoms with Gasteiger partial charge in [0.2, 0.25) is 5.91 Å². The monoisotopic (exact) mass is 292 g/mol. The molecule has 0 spiro atoms. The van der Waals surface area contributed by atoms with E-state index in [0.717, 1.165) is 12.8 Å². The molecule has 0 aromatic rings. The molecule has 0 radical (unpaired) electrons. The Bertz CT molecular complexity index is 385. The molecule has 0 bridgehead atoms. The Kier molecular flexibility index (Phi) is 6.70. The number of hydrogen-bond acceptors (Lipinski definition) is 4. The van der Waals surface area contributed by atoms with Crippen LogP contribution in [0, 0.1) is 5.92 Å². The molecule has 1 rings (SSSR count). The van der Waals surface area contributed by atoms with Crippen molar-refractivity contribution in [1.82, 2.24) is 14.3 Å². The van der Waals surface area contributed by atoms with Crippen molar-refractivity contribution in [3.8, 4) is 0 Å². The van der Waals surface area contributed by atoms with Gasteiger partial charge in [-0.3, -0.25) is 4.79 Å². The summed E-state index contributed by atoms with van der Waals surface area (Å²) in [4.78, 5) is 11.8. The smallest absolute Gasteiger partial charge is 0.279 e. The minimum atomic E-state index is -3.45. The zero-order chi connectivity index (χ0) is 14.3. The molecule has 1 amide bonds. The van der Waals surface area contributed by atoms with Gasteiger partial charge in [0, 0.05) is 32.7 Å². The molecule has 8 heteroatoms. The van der Waals surface area contributed by atoms with E-state index in [9.17, 15) is 13.2 Å². The van der Waals surface area contributed by atoms with Crippen molar-refractivity contribution in [3.05, 3.63) is 0 Å². The summed E-state index contributed by atoms with van der Waals surface area (Å²) < 4.78 is 27.9. The summed E-state index contributed by atoms with van der Waals surface area (Å²) in [5, 5.41) is 2.71. The van der Waals surface area contributed by atoms with Crippen LogP contribution in [0.1, 0.15) is 26.2 Å². The molecule has 0 aromatic carbocycles. The number of nitrogens with zero attached hydrogens (tertiary/aromatic N) is 1. The Morgan fingerprint density at radius 2 is 2.16 bits per heavy atom. The number of nitrogens with one attached hydrogen (secondary N) is 2. The number of hydrogen-bond donors (Lipinski definition) is 3. The summed E-state index contributed by atoms with van der Waals surface area (Å²) in [6, 6.07) is 0. The molecule has 1 fully saturated rings. The predicted molar refractivity (Wildman–Crippen MR) is 73.6 cm³/mol. The second-order valence-corrected chi connectivity index (χ2v) is 6.43. The van der Waals surface area contributed by atoms with Crippen molar-refractivity contribution in [2.75, 3.05) is 32.7 Å². The van der Waals surface area contributed by atoms with Gasteiger partial charge in [-0.2, -0.15) is 12.7 Å². The Morgan fingerprint density at radius 3 is 2.79 bits per heavy atom. The van der Waals surface area contributed by atoms with Crippen molar-refractivity contribution >= 4 is 16.1 Å².